The van der Waals surface area contributed by atoms with Crippen LogP contribution in [0.25, 0.3) is 0 Å². The average molecular weight is 178 g/mol. The van der Waals surface area contributed by atoms with Gasteiger partial charge in [0, 0.05) is 0 Å². The molecule has 0 aromatic heterocycles. The summed E-state index contributed by atoms with van der Waals surface area (Å²) in [4.78, 5) is 0. The van der Waals surface area contributed by atoms with E-state index in [1.165, 1.54) is 0 Å². The average Bonchev–Trinajstić information content (AvgIpc) is 1.83. The van der Waals surface area contributed by atoms with E-state index in [0.717, 1.165) is 5.56 Å². The van der Waals surface area contributed by atoms with Crippen LogP contribution in [0.1, 0.15) is 5.56 Å². The molecule has 0 spiro atoms. The largest absolute Gasteiger partial charge is 0.344 e. The molecule has 3 heteroatoms. The number of benzene rings is 1. The van der Waals surface area contributed by atoms with Crippen LogP contribution in [0.4, 0.5) is 0 Å². The van der Waals surface area contributed by atoms with Crippen LogP contribution < -0.4 is 6.15 Å². The maximum Gasteiger partial charge on any atom is 0.0621 e. The summed E-state index contributed by atoms with van der Waals surface area (Å²) in [7, 11) is 0. The van der Waals surface area contributed by atoms with E-state index < -0.39 is 0 Å². The molecule has 0 fully saturated rings. The summed E-state index contributed by atoms with van der Waals surface area (Å²) in [5, 5.41) is 1.27. The third kappa shape index (κ3) is 1.87. The quantitative estimate of drug-likeness (QED) is 0.648. The van der Waals surface area contributed by atoms with E-state index in [-0.39, 0.29) is 6.15 Å². The first-order chi connectivity index (χ1) is 4.22. The third-order valence-electron chi connectivity index (χ3n) is 1.14. The molecule has 0 saturated heterocycles. The Balaban J connectivity index is 0.000000810. The van der Waals surface area contributed by atoms with Crippen molar-refractivity contribution in [2.45, 2.75) is 6.92 Å². The van der Waals surface area contributed by atoms with Gasteiger partial charge in [-0.1, -0.05) is 35.3 Å². The van der Waals surface area contributed by atoms with Crippen LogP contribution in [0.2, 0.25) is 10.0 Å². The number of aryl methyl sites for hydroxylation is 1. The first kappa shape index (κ1) is 9.76. The zero-order chi connectivity index (χ0) is 6.85. The summed E-state index contributed by atoms with van der Waals surface area (Å²) in [5.41, 5.74) is 1.02. The molecule has 0 atom stereocenters. The van der Waals surface area contributed by atoms with Crippen molar-refractivity contribution in [3.05, 3.63) is 33.8 Å². The van der Waals surface area contributed by atoms with Gasteiger partial charge in [-0.15, -0.1) is 0 Å². The Morgan fingerprint density at radius 1 is 1.20 bits per heavy atom. The summed E-state index contributed by atoms with van der Waals surface area (Å²) in [5.74, 6) is 0. The van der Waals surface area contributed by atoms with Crippen LogP contribution in [0.5, 0.6) is 0 Å². The Hall–Kier alpha value is -0.240. The molecular formula is C7H9Cl2N. The van der Waals surface area contributed by atoms with E-state index in [1.807, 2.05) is 19.1 Å². The fourth-order valence-corrected chi connectivity index (χ4v) is 0.959. The molecule has 0 aliphatic carbocycles. The van der Waals surface area contributed by atoms with E-state index in [4.69, 9.17) is 23.2 Å². The van der Waals surface area contributed by atoms with Crippen LogP contribution in [0, 0.1) is 6.92 Å². The zero-order valence-electron chi connectivity index (χ0n) is 5.70. The zero-order valence-corrected chi connectivity index (χ0v) is 7.21. The second-order valence-corrected chi connectivity index (χ2v) is 2.66. The summed E-state index contributed by atoms with van der Waals surface area (Å²) in [6, 6.07) is 5.58. The minimum absolute atomic E-state index is 0. The van der Waals surface area contributed by atoms with E-state index >= 15 is 0 Å². The van der Waals surface area contributed by atoms with Crippen LogP contribution >= 0.6 is 23.2 Å². The van der Waals surface area contributed by atoms with Crippen LogP contribution in [0.3, 0.4) is 0 Å². The first-order valence-corrected chi connectivity index (χ1v) is 3.38. The van der Waals surface area contributed by atoms with Crippen molar-refractivity contribution in [2.24, 2.45) is 0 Å². The van der Waals surface area contributed by atoms with Gasteiger partial charge in [0.15, 0.2) is 0 Å². The van der Waals surface area contributed by atoms with Crippen LogP contribution in [-0.4, -0.2) is 0 Å². The number of halogens is 2. The lowest BCUT2D eigenvalue weighted by molar-refractivity contribution is 1.47. The van der Waals surface area contributed by atoms with Crippen LogP contribution in [-0.2, 0) is 0 Å². The van der Waals surface area contributed by atoms with Crippen molar-refractivity contribution in [1.82, 2.24) is 6.15 Å². The molecule has 1 aromatic rings. The molecule has 0 aliphatic rings. The van der Waals surface area contributed by atoms with Gasteiger partial charge in [0.1, 0.15) is 0 Å². The van der Waals surface area contributed by atoms with Crippen molar-refractivity contribution >= 4 is 23.2 Å². The lowest BCUT2D eigenvalue weighted by Crippen LogP contribution is -1.73. The predicted molar refractivity (Wildman–Crippen MR) is 46.2 cm³/mol. The summed E-state index contributed by atoms with van der Waals surface area (Å²) in [6.07, 6.45) is 0. The van der Waals surface area contributed by atoms with E-state index in [2.05, 4.69) is 0 Å². The molecular weight excluding hydrogens is 169 g/mol. The smallest absolute Gasteiger partial charge is 0.0621 e. The molecule has 1 rings (SSSR count). The highest BCUT2D eigenvalue weighted by atomic mass is 35.5. The van der Waals surface area contributed by atoms with Gasteiger partial charge >= 0.3 is 0 Å². The monoisotopic (exact) mass is 177 g/mol. The highest BCUT2D eigenvalue weighted by molar-refractivity contribution is 6.42. The fourth-order valence-electron chi connectivity index (χ4n) is 0.612. The molecule has 1 nitrogen and oxygen atoms in total. The summed E-state index contributed by atoms with van der Waals surface area (Å²) >= 11 is 11.4. The highest BCUT2D eigenvalue weighted by Crippen LogP contribution is 2.24. The van der Waals surface area contributed by atoms with Crippen molar-refractivity contribution in [3.63, 3.8) is 0 Å². The molecule has 0 saturated carbocycles. The van der Waals surface area contributed by atoms with E-state index in [1.54, 1.807) is 6.07 Å². The van der Waals surface area contributed by atoms with Gasteiger partial charge in [0.25, 0.3) is 0 Å². The first-order valence-electron chi connectivity index (χ1n) is 2.62. The molecule has 1 aromatic carbocycles. The maximum atomic E-state index is 5.75. The summed E-state index contributed by atoms with van der Waals surface area (Å²) < 4.78 is 0. The van der Waals surface area contributed by atoms with Crippen molar-refractivity contribution < 1.29 is 0 Å². The van der Waals surface area contributed by atoms with Gasteiger partial charge in [0.2, 0.25) is 0 Å². The predicted octanol–water partition coefficient (Wildman–Crippen LogP) is 3.46. The molecule has 0 radical (unpaired) electrons. The SMILES string of the molecule is Cc1cccc(Cl)c1Cl.N. The third-order valence-corrected chi connectivity index (χ3v) is 2.06. The molecule has 3 N–H and O–H groups in total. The molecule has 0 heterocycles. The van der Waals surface area contributed by atoms with Crippen molar-refractivity contribution in [2.75, 3.05) is 0 Å². The van der Waals surface area contributed by atoms with Gasteiger partial charge in [-0.05, 0) is 18.6 Å². The van der Waals surface area contributed by atoms with Gasteiger partial charge in [-0.2, -0.15) is 0 Å². The Morgan fingerprint density at radius 2 is 1.80 bits per heavy atom. The Bertz CT molecular complexity index is 203. The molecule has 56 valence electrons. The van der Waals surface area contributed by atoms with Crippen molar-refractivity contribution in [3.8, 4) is 0 Å². The normalized spacial score (nSPS) is 8.70. The molecule has 10 heavy (non-hydrogen) atoms. The van der Waals surface area contributed by atoms with Gasteiger partial charge in [0.05, 0.1) is 10.0 Å². The maximum absolute atomic E-state index is 5.75. The molecule has 0 bridgehead atoms. The van der Waals surface area contributed by atoms with Crippen LogP contribution in [0.15, 0.2) is 18.2 Å². The second kappa shape index (κ2) is 3.81. The van der Waals surface area contributed by atoms with Gasteiger partial charge in [-0.25, -0.2) is 0 Å². The molecule has 0 aliphatic heterocycles. The Morgan fingerprint density at radius 3 is 2.20 bits per heavy atom. The standard InChI is InChI=1S/C7H6Cl2.H3N/c1-5-3-2-4-6(8)7(5)9;/h2-4H,1H3;1H3. The van der Waals surface area contributed by atoms with Gasteiger partial charge in [-0.3, -0.25) is 0 Å². The van der Waals surface area contributed by atoms with Gasteiger partial charge < -0.3 is 6.15 Å². The summed E-state index contributed by atoms with van der Waals surface area (Å²) in [6.45, 7) is 1.92. The number of rotatable bonds is 0. The Labute approximate surface area is 70.5 Å². The topological polar surface area (TPSA) is 35.0 Å². The molecule has 0 unspecified atom stereocenters. The number of hydrogen-bond acceptors (Lipinski definition) is 1. The van der Waals surface area contributed by atoms with Crippen molar-refractivity contribution in [1.29, 1.82) is 0 Å². The minimum Gasteiger partial charge on any atom is -0.344 e. The highest BCUT2D eigenvalue weighted by Gasteiger charge is 1.96. The van der Waals surface area contributed by atoms with E-state index in [0.29, 0.717) is 10.0 Å². The minimum atomic E-state index is 0. The lowest BCUT2D eigenvalue weighted by atomic mass is 10.2. The fraction of sp³-hybridized carbons (Fsp3) is 0.143. The lowest BCUT2D eigenvalue weighted by Gasteiger charge is -1.96. The Kier molecular flexibility index (Phi) is 3.72. The second-order valence-electron chi connectivity index (χ2n) is 1.87. The molecule has 0 amide bonds. The van der Waals surface area contributed by atoms with E-state index in [9.17, 15) is 0 Å². The number of hydrogen-bond donors (Lipinski definition) is 1.